The molecule has 10 rings (SSSR count). The lowest BCUT2D eigenvalue weighted by Crippen LogP contribution is -2.16. The molecule has 0 unspecified atom stereocenters. The van der Waals surface area contributed by atoms with Gasteiger partial charge in [0, 0.05) is 39.0 Å². The van der Waals surface area contributed by atoms with Crippen molar-refractivity contribution in [2.45, 2.75) is 19.3 Å². The molecule has 0 saturated heterocycles. The Bertz CT molecular complexity index is 2760. The van der Waals surface area contributed by atoms with Crippen LogP contribution in [0.1, 0.15) is 25.0 Å². The summed E-state index contributed by atoms with van der Waals surface area (Å²) in [5.74, 6) is 0. The van der Waals surface area contributed by atoms with Crippen LogP contribution in [0.5, 0.6) is 0 Å². The summed E-state index contributed by atoms with van der Waals surface area (Å²) in [6.07, 6.45) is 0. The van der Waals surface area contributed by atoms with Crippen molar-refractivity contribution in [3.05, 3.63) is 217 Å². The number of anilines is 3. The molecule has 1 heterocycles. The third-order valence-corrected chi connectivity index (χ3v) is 11.5. The molecule has 56 heavy (non-hydrogen) atoms. The fourth-order valence-corrected chi connectivity index (χ4v) is 8.50. The Labute approximate surface area is 329 Å². The average Bonchev–Trinajstić information content (AvgIpc) is 3.49. The smallest absolute Gasteiger partial charge is 0.0788 e. The molecular weight excluding hydrogens is 677 g/mol. The highest BCUT2D eigenvalue weighted by molar-refractivity contribution is 5.93. The van der Waals surface area contributed by atoms with Crippen molar-refractivity contribution >= 4 is 28.0 Å². The second kappa shape index (κ2) is 13.7. The Balaban J connectivity index is 1.07. The molecule has 2 nitrogen and oxygen atoms in total. The number of pyridine rings is 1. The van der Waals surface area contributed by atoms with Gasteiger partial charge in [-0.05, 0) is 105 Å². The summed E-state index contributed by atoms with van der Waals surface area (Å²) in [5.41, 5.74) is 18.6. The van der Waals surface area contributed by atoms with Crippen LogP contribution in [-0.4, -0.2) is 4.98 Å². The molecule has 0 saturated carbocycles. The van der Waals surface area contributed by atoms with Crippen LogP contribution in [0.2, 0.25) is 0 Å². The van der Waals surface area contributed by atoms with Crippen LogP contribution in [-0.2, 0) is 5.41 Å². The number of rotatable bonds is 7. The predicted octanol–water partition coefficient (Wildman–Crippen LogP) is 14.7. The lowest BCUT2D eigenvalue weighted by molar-refractivity contribution is 0.660. The molecule has 9 aromatic rings. The summed E-state index contributed by atoms with van der Waals surface area (Å²) in [4.78, 5) is 7.68. The van der Waals surface area contributed by atoms with Crippen molar-refractivity contribution in [2.75, 3.05) is 4.90 Å². The Morgan fingerprint density at radius 1 is 0.357 bits per heavy atom. The zero-order chi connectivity index (χ0) is 37.6. The average molecular weight is 717 g/mol. The van der Waals surface area contributed by atoms with E-state index in [0.29, 0.717) is 0 Å². The maximum absolute atomic E-state index is 5.29. The third kappa shape index (κ3) is 5.88. The number of nitrogens with zero attached hydrogens (tertiary/aromatic N) is 2. The molecule has 0 aliphatic heterocycles. The van der Waals surface area contributed by atoms with Crippen molar-refractivity contribution in [1.82, 2.24) is 4.98 Å². The molecule has 2 heteroatoms. The van der Waals surface area contributed by atoms with Crippen LogP contribution in [0.3, 0.4) is 0 Å². The van der Waals surface area contributed by atoms with E-state index in [1.807, 2.05) is 0 Å². The predicted molar refractivity (Wildman–Crippen MR) is 236 cm³/mol. The van der Waals surface area contributed by atoms with Gasteiger partial charge in [-0.2, -0.15) is 0 Å². The fourth-order valence-electron chi connectivity index (χ4n) is 8.50. The normalized spacial score (nSPS) is 12.6. The van der Waals surface area contributed by atoms with Crippen molar-refractivity contribution in [3.63, 3.8) is 0 Å². The van der Waals surface area contributed by atoms with Crippen LogP contribution >= 0.6 is 0 Å². The van der Waals surface area contributed by atoms with Gasteiger partial charge in [0.05, 0.1) is 11.2 Å². The SMILES string of the molecule is CC1(C)c2cc(-c3nc4ccccc4cc3-c3ccccc3)ccc2-c2ccc(N(c3ccc(-c4ccccc4)cc3)c3ccc(-c4ccccc4)cc3)cc21. The summed E-state index contributed by atoms with van der Waals surface area (Å²) >= 11 is 0. The Morgan fingerprint density at radius 3 is 1.39 bits per heavy atom. The van der Waals surface area contributed by atoms with Crippen LogP contribution in [0, 0.1) is 0 Å². The zero-order valence-electron chi connectivity index (χ0n) is 31.5. The zero-order valence-corrected chi connectivity index (χ0v) is 31.5. The molecule has 0 bridgehead atoms. The first-order valence-electron chi connectivity index (χ1n) is 19.4. The molecule has 0 fully saturated rings. The molecule has 0 radical (unpaired) electrons. The molecule has 0 spiro atoms. The van der Waals surface area contributed by atoms with E-state index in [1.54, 1.807) is 0 Å². The van der Waals surface area contributed by atoms with Gasteiger partial charge in [0.1, 0.15) is 0 Å². The molecule has 266 valence electrons. The van der Waals surface area contributed by atoms with E-state index in [4.69, 9.17) is 4.98 Å². The molecular formula is C54H40N2. The summed E-state index contributed by atoms with van der Waals surface area (Å²) in [6, 6.07) is 74.4. The Kier molecular flexibility index (Phi) is 8.19. The summed E-state index contributed by atoms with van der Waals surface area (Å²) in [6.45, 7) is 4.73. The van der Waals surface area contributed by atoms with Gasteiger partial charge in [-0.3, -0.25) is 0 Å². The molecule has 1 aromatic heterocycles. The lowest BCUT2D eigenvalue weighted by Gasteiger charge is -2.28. The number of aromatic nitrogens is 1. The molecule has 0 amide bonds. The molecule has 8 aromatic carbocycles. The van der Waals surface area contributed by atoms with Crippen LogP contribution < -0.4 is 4.90 Å². The number of benzene rings is 8. The number of para-hydroxylation sites is 1. The maximum atomic E-state index is 5.29. The number of fused-ring (bicyclic) bond motifs is 4. The first-order chi connectivity index (χ1) is 27.5. The minimum Gasteiger partial charge on any atom is -0.310 e. The van der Waals surface area contributed by atoms with Crippen molar-refractivity contribution < 1.29 is 0 Å². The van der Waals surface area contributed by atoms with E-state index >= 15 is 0 Å². The monoisotopic (exact) mass is 716 g/mol. The number of hydrogen-bond acceptors (Lipinski definition) is 2. The van der Waals surface area contributed by atoms with Crippen molar-refractivity contribution in [1.29, 1.82) is 0 Å². The van der Waals surface area contributed by atoms with Gasteiger partial charge in [-0.1, -0.05) is 166 Å². The van der Waals surface area contributed by atoms with Gasteiger partial charge in [0.2, 0.25) is 0 Å². The highest BCUT2D eigenvalue weighted by Crippen LogP contribution is 2.52. The van der Waals surface area contributed by atoms with E-state index < -0.39 is 0 Å². The molecule has 1 aliphatic carbocycles. The second-order valence-corrected chi connectivity index (χ2v) is 15.2. The van der Waals surface area contributed by atoms with E-state index in [1.165, 1.54) is 50.1 Å². The van der Waals surface area contributed by atoms with E-state index in [2.05, 4.69) is 225 Å². The molecule has 1 aliphatic rings. The van der Waals surface area contributed by atoms with Gasteiger partial charge in [-0.25, -0.2) is 4.98 Å². The molecule has 0 N–H and O–H groups in total. The quantitative estimate of drug-likeness (QED) is 0.163. The van der Waals surface area contributed by atoms with Crippen LogP contribution in [0.25, 0.3) is 66.7 Å². The van der Waals surface area contributed by atoms with Gasteiger partial charge in [-0.15, -0.1) is 0 Å². The first-order valence-corrected chi connectivity index (χ1v) is 19.4. The standard InChI is InChI=1S/C54H40N2/c1-54(2)50-35-43(53-49(41-18-10-5-11-19-41)34-42-20-12-13-21-52(42)55-53)26-32-47(50)48-33-31-46(36-51(48)54)56(44-27-22-39(23-28-44)37-14-6-3-7-15-37)45-29-24-40(25-30-45)38-16-8-4-9-17-38/h3-36H,1-2H3. The van der Waals surface area contributed by atoms with Gasteiger partial charge < -0.3 is 4.90 Å². The van der Waals surface area contributed by atoms with Gasteiger partial charge in [0.25, 0.3) is 0 Å². The highest BCUT2D eigenvalue weighted by atomic mass is 15.1. The highest BCUT2D eigenvalue weighted by Gasteiger charge is 2.36. The van der Waals surface area contributed by atoms with Crippen molar-refractivity contribution in [3.8, 4) is 55.8 Å². The topological polar surface area (TPSA) is 16.1 Å². The second-order valence-electron chi connectivity index (χ2n) is 15.2. The summed E-state index contributed by atoms with van der Waals surface area (Å²) in [7, 11) is 0. The minimum absolute atomic E-state index is 0.236. The first kappa shape index (κ1) is 33.5. The van der Waals surface area contributed by atoms with Crippen LogP contribution in [0.15, 0.2) is 206 Å². The van der Waals surface area contributed by atoms with Crippen LogP contribution in [0.4, 0.5) is 17.1 Å². The van der Waals surface area contributed by atoms with E-state index in [9.17, 15) is 0 Å². The molecule has 0 atom stereocenters. The lowest BCUT2D eigenvalue weighted by atomic mass is 9.81. The Morgan fingerprint density at radius 2 is 0.804 bits per heavy atom. The largest absolute Gasteiger partial charge is 0.310 e. The van der Waals surface area contributed by atoms with Gasteiger partial charge in [0.15, 0.2) is 0 Å². The minimum atomic E-state index is -0.236. The summed E-state index contributed by atoms with van der Waals surface area (Å²) in [5, 5.41) is 1.14. The fraction of sp³-hybridized carbons (Fsp3) is 0.0556. The third-order valence-electron chi connectivity index (χ3n) is 11.5. The van der Waals surface area contributed by atoms with Gasteiger partial charge >= 0.3 is 0 Å². The maximum Gasteiger partial charge on any atom is 0.0788 e. The summed E-state index contributed by atoms with van der Waals surface area (Å²) < 4.78 is 0. The van der Waals surface area contributed by atoms with E-state index in [-0.39, 0.29) is 5.41 Å². The van der Waals surface area contributed by atoms with Crippen molar-refractivity contribution in [2.24, 2.45) is 0 Å². The Hall–Kier alpha value is -7.03. The number of hydrogen-bond donors (Lipinski definition) is 0. The van der Waals surface area contributed by atoms with E-state index in [0.717, 1.165) is 44.8 Å².